The number of benzene rings is 1. The van der Waals surface area contributed by atoms with Crippen LogP contribution in [-0.4, -0.2) is 36.8 Å². The third-order valence-corrected chi connectivity index (χ3v) is 5.54. The minimum atomic E-state index is -0.482. The molecule has 1 saturated carbocycles. The van der Waals surface area contributed by atoms with Gasteiger partial charge in [0.2, 0.25) is 5.91 Å². The highest BCUT2D eigenvalue weighted by Gasteiger charge is 2.30. The Morgan fingerprint density at radius 2 is 2.16 bits per heavy atom. The first-order valence-electron chi connectivity index (χ1n) is 10.7. The van der Waals surface area contributed by atoms with Gasteiger partial charge in [-0.3, -0.25) is 15.0 Å². The Labute approximate surface area is 180 Å². The van der Waals surface area contributed by atoms with E-state index in [-0.39, 0.29) is 24.3 Å². The molecule has 8 nitrogen and oxygen atoms in total. The average molecular weight is 430 g/mol. The Morgan fingerprint density at radius 1 is 1.32 bits per heavy atom. The maximum Gasteiger partial charge on any atom is 0.330 e. The second-order valence-electron chi connectivity index (χ2n) is 8.17. The molecule has 1 aliphatic carbocycles. The van der Waals surface area contributed by atoms with E-state index < -0.39 is 6.03 Å². The predicted molar refractivity (Wildman–Crippen MR) is 111 cm³/mol. The first-order valence-corrected chi connectivity index (χ1v) is 10.7. The van der Waals surface area contributed by atoms with Gasteiger partial charge in [-0.05, 0) is 62.8 Å². The van der Waals surface area contributed by atoms with E-state index in [1.807, 2.05) is 6.92 Å². The molecule has 1 atom stereocenters. The summed E-state index contributed by atoms with van der Waals surface area (Å²) in [5.74, 6) is 1.25. The maximum absolute atomic E-state index is 14.0. The molecule has 4 rings (SSSR count). The zero-order chi connectivity index (χ0) is 21.8. The van der Waals surface area contributed by atoms with Gasteiger partial charge in [-0.2, -0.15) is 0 Å². The number of rotatable bonds is 11. The Kier molecular flexibility index (Phi) is 6.50. The summed E-state index contributed by atoms with van der Waals surface area (Å²) in [4.78, 5) is 24.2. The molecule has 2 N–H and O–H groups in total. The second-order valence-corrected chi connectivity index (χ2v) is 8.17. The lowest BCUT2D eigenvalue weighted by molar-refractivity contribution is -0.117. The van der Waals surface area contributed by atoms with Gasteiger partial charge in [-0.25, -0.2) is 9.18 Å². The zero-order valence-electron chi connectivity index (χ0n) is 17.5. The number of unbranched alkanes of at least 4 members (excludes halogenated alkanes) is 1. The molecular formula is C22H27FN4O4. The van der Waals surface area contributed by atoms with Crippen molar-refractivity contribution >= 4 is 17.8 Å². The second kappa shape index (κ2) is 9.47. The number of hydrogen-bond acceptors (Lipinski definition) is 6. The van der Waals surface area contributed by atoms with Crippen molar-refractivity contribution in [3.05, 3.63) is 41.4 Å². The van der Waals surface area contributed by atoms with Gasteiger partial charge in [0.15, 0.2) is 17.4 Å². The van der Waals surface area contributed by atoms with Gasteiger partial charge in [0.05, 0.1) is 6.61 Å². The van der Waals surface area contributed by atoms with Gasteiger partial charge in [-0.1, -0.05) is 11.2 Å². The fourth-order valence-corrected chi connectivity index (χ4v) is 3.43. The van der Waals surface area contributed by atoms with Crippen molar-refractivity contribution < 1.29 is 23.2 Å². The largest absolute Gasteiger partial charge is 0.490 e. The van der Waals surface area contributed by atoms with E-state index in [2.05, 4.69) is 15.8 Å². The van der Waals surface area contributed by atoms with Crippen LogP contribution in [0.25, 0.3) is 0 Å². The molecule has 0 unspecified atom stereocenters. The number of hydrogen-bond donors (Lipinski definition) is 2. The number of carbonyl (C=O) groups is 2. The third kappa shape index (κ3) is 5.61. The fourth-order valence-electron chi connectivity index (χ4n) is 3.43. The van der Waals surface area contributed by atoms with E-state index in [4.69, 9.17) is 9.26 Å². The topological polar surface area (TPSA) is 96.7 Å². The summed E-state index contributed by atoms with van der Waals surface area (Å²) in [5.41, 5.74) is 0.991. The van der Waals surface area contributed by atoms with Crippen LogP contribution >= 0.6 is 0 Å². The van der Waals surface area contributed by atoms with E-state index in [1.165, 1.54) is 23.8 Å². The van der Waals surface area contributed by atoms with Gasteiger partial charge in [0, 0.05) is 18.5 Å². The molecule has 1 aromatic heterocycles. The van der Waals surface area contributed by atoms with E-state index in [0.29, 0.717) is 36.3 Å². The number of aryl methyl sites for hydroxylation is 1. The number of ether oxygens (including phenoxy) is 1. The Hall–Kier alpha value is -2.94. The number of aromatic nitrogens is 1. The normalized spacial score (nSPS) is 17.2. The van der Waals surface area contributed by atoms with Crippen molar-refractivity contribution in [3.63, 3.8) is 0 Å². The highest BCUT2D eigenvalue weighted by molar-refractivity contribution is 6.11. The van der Waals surface area contributed by atoms with Crippen LogP contribution < -0.4 is 20.3 Å². The fraction of sp³-hybridized carbons (Fsp3) is 0.500. The Morgan fingerprint density at radius 3 is 2.90 bits per heavy atom. The van der Waals surface area contributed by atoms with Crippen LogP contribution in [0, 0.1) is 11.7 Å². The Balaban J connectivity index is 1.18. The molecule has 3 amide bonds. The molecule has 2 aliphatic rings. The summed E-state index contributed by atoms with van der Waals surface area (Å²) in [6.07, 6.45) is 4.81. The van der Waals surface area contributed by atoms with Crippen molar-refractivity contribution in [2.24, 2.45) is 5.92 Å². The van der Waals surface area contributed by atoms with E-state index in [0.717, 1.165) is 24.9 Å². The third-order valence-electron chi connectivity index (χ3n) is 5.54. The van der Waals surface area contributed by atoms with Gasteiger partial charge in [-0.15, -0.1) is 0 Å². The number of nitrogens with zero attached hydrogens (tertiary/aromatic N) is 2. The van der Waals surface area contributed by atoms with Crippen molar-refractivity contribution in [1.82, 2.24) is 15.8 Å². The molecule has 0 spiro atoms. The summed E-state index contributed by atoms with van der Waals surface area (Å²) in [7, 11) is 0. The highest BCUT2D eigenvalue weighted by Crippen LogP contribution is 2.31. The van der Waals surface area contributed by atoms with Crippen molar-refractivity contribution in [2.75, 3.05) is 24.6 Å². The highest BCUT2D eigenvalue weighted by atomic mass is 19.1. The number of nitrogens with one attached hydrogen (secondary N) is 2. The number of carbonyl (C=O) groups excluding carboxylic acids is 2. The van der Waals surface area contributed by atoms with Crippen LogP contribution in [0.4, 0.5) is 15.0 Å². The quantitative estimate of drug-likeness (QED) is 0.419. The smallest absolute Gasteiger partial charge is 0.330 e. The molecule has 166 valence electrons. The Bertz CT molecular complexity index is 943. The van der Waals surface area contributed by atoms with Crippen LogP contribution in [0.5, 0.6) is 5.75 Å². The maximum atomic E-state index is 14.0. The first-order chi connectivity index (χ1) is 15.0. The number of anilines is 1. The number of amides is 3. The molecule has 9 heteroatoms. The molecule has 2 heterocycles. The van der Waals surface area contributed by atoms with Crippen molar-refractivity contribution in [3.8, 4) is 5.75 Å². The van der Waals surface area contributed by atoms with Crippen LogP contribution in [0.1, 0.15) is 50.0 Å². The summed E-state index contributed by atoms with van der Waals surface area (Å²) >= 11 is 0. The summed E-state index contributed by atoms with van der Waals surface area (Å²) in [6.45, 7) is 3.39. The average Bonchev–Trinajstić information content (AvgIpc) is 3.36. The molecule has 0 radical (unpaired) electrons. The van der Waals surface area contributed by atoms with Crippen molar-refractivity contribution in [2.45, 2.75) is 45.1 Å². The molecule has 2 fully saturated rings. The van der Waals surface area contributed by atoms with Gasteiger partial charge in [0.25, 0.3) is 0 Å². The van der Waals surface area contributed by atoms with Crippen LogP contribution in [-0.2, 0) is 11.2 Å². The molecule has 2 aromatic rings. The van der Waals surface area contributed by atoms with Crippen LogP contribution in [0.15, 0.2) is 28.8 Å². The molecule has 1 saturated heterocycles. The van der Waals surface area contributed by atoms with E-state index >= 15 is 0 Å². The standard InChI is InChI=1S/C22H27FN4O4/c1-14(16-7-8-18(23)19(10-16)30-13-15-5-6-15)24-9-3-2-4-17-11-20(26-31-17)27-12-21(28)25-22(27)29/h7-8,10-11,14-15,24H,2-6,9,12-13H2,1H3,(H,25,28,29)/t14-/m1/s1. The van der Waals surface area contributed by atoms with Gasteiger partial charge < -0.3 is 14.6 Å². The molecule has 1 aromatic carbocycles. The lowest BCUT2D eigenvalue weighted by atomic mass is 10.1. The molecular weight excluding hydrogens is 403 g/mol. The van der Waals surface area contributed by atoms with Crippen molar-refractivity contribution in [1.29, 1.82) is 0 Å². The molecule has 0 bridgehead atoms. The van der Waals surface area contributed by atoms with Crippen LogP contribution in [0.3, 0.4) is 0 Å². The van der Waals surface area contributed by atoms with Gasteiger partial charge in [0.1, 0.15) is 12.3 Å². The summed E-state index contributed by atoms with van der Waals surface area (Å²) in [6, 6.07) is 6.31. The zero-order valence-corrected chi connectivity index (χ0v) is 17.5. The minimum absolute atomic E-state index is 0.0384. The summed E-state index contributed by atoms with van der Waals surface area (Å²) < 4.78 is 24.9. The minimum Gasteiger partial charge on any atom is -0.490 e. The lowest BCUT2D eigenvalue weighted by Crippen LogP contribution is -2.28. The SMILES string of the molecule is C[C@@H](NCCCCc1cc(N2CC(=O)NC2=O)no1)c1ccc(F)c(OCC2CC2)c1. The molecule has 1 aliphatic heterocycles. The lowest BCUT2D eigenvalue weighted by Gasteiger charge is -2.16. The number of imide groups is 1. The van der Waals surface area contributed by atoms with Crippen LogP contribution in [0.2, 0.25) is 0 Å². The van der Waals surface area contributed by atoms with Gasteiger partial charge >= 0.3 is 6.03 Å². The molecule has 31 heavy (non-hydrogen) atoms. The predicted octanol–water partition coefficient (Wildman–Crippen LogP) is 3.33. The summed E-state index contributed by atoms with van der Waals surface area (Å²) in [5, 5.41) is 9.53. The van der Waals surface area contributed by atoms with E-state index in [9.17, 15) is 14.0 Å². The monoisotopic (exact) mass is 430 g/mol. The number of urea groups is 1. The number of halogens is 1. The van der Waals surface area contributed by atoms with E-state index in [1.54, 1.807) is 18.2 Å². The first kappa shape index (κ1) is 21.3.